The van der Waals surface area contributed by atoms with Crippen LogP contribution in [0.15, 0.2) is 42.5 Å². The maximum Gasteiger partial charge on any atom is 0.250 e. The van der Waals surface area contributed by atoms with Crippen molar-refractivity contribution >= 4 is 38.9 Å². The molecule has 6 nitrogen and oxygen atoms in total. The minimum absolute atomic E-state index is 0.211. The average Bonchev–Trinajstić information content (AvgIpc) is 3.33. The smallest absolute Gasteiger partial charge is 0.250 e. The molecule has 2 fully saturated rings. The fraction of sp³-hybridized carbons (Fsp3) is 0.316. The second kappa shape index (κ2) is 6.14. The Morgan fingerprint density at radius 1 is 1.26 bits per heavy atom. The number of anilines is 2. The van der Waals surface area contributed by atoms with Gasteiger partial charge in [-0.25, -0.2) is 8.42 Å². The van der Waals surface area contributed by atoms with Gasteiger partial charge in [0.1, 0.15) is 5.75 Å². The predicted octanol–water partition coefficient (Wildman–Crippen LogP) is 3.20. The van der Waals surface area contributed by atoms with Gasteiger partial charge in [-0.2, -0.15) is 0 Å². The van der Waals surface area contributed by atoms with Crippen molar-refractivity contribution in [2.24, 2.45) is 5.92 Å². The Kier molecular flexibility index (Phi) is 4.12. The maximum absolute atomic E-state index is 13.2. The summed E-state index contributed by atoms with van der Waals surface area (Å²) in [5.41, 5.74) is 1.92. The van der Waals surface area contributed by atoms with Gasteiger partial charge in [0.25, 0.3) is 0 Å². The fourth-order valence-electron chi connectivity index (χ4n) is 3.71. The van der Waals surface area contributed by atoms with E-state index in [2.05, 4.69) is 5.32 Å². The van der Waals surface area contributed by atoms with Crippen LogP contribution in [0.25, 0.3) is 0 Å². The lowest BCUT2D eigenvalue weighted by Gasteiger charge is -2.23. The van der Waals surface area contributed by atoms with Crippen molar-refractivity contribution < 1.29 is 17.9 Å². The lowest BCUT2D eigenvalue weighted by Crippen LogP contribution is -2.42. The van der Waals surface area contributed by atoms with Crippen molar-refractivity contribution in [1.82, 2.24) is 0 Å². The standard InChI is InChI=1S/C19H19ClN2O4S/c1-12-9-16(26-2)7-8-17(12)21-18(23)19-10-13(19)11-22(27(19,24)25)15-5-3-14(20)4-6-15/h3-9,13H,10-11H2,1-2H3,(H,21,23)/t13-,19-/m0/s1. The molecule has 2 aromatic rings. The van der Waals surface area contributed by atoms with Crippen molar-refractivity contribution in [3.05, 3.63) is 53.1 Å². The molecule has 2 atom stereocenters. The number of carbonyl (C=O) groups excluding carboxylic acids is 1. The van der Waals surface area contributed by atoms with Crippen LogP contribution in [0.3, 0.4) is 0 Å². The van der Waals surface area contributed by atoms with E-state index in [4.69, 9.17) is 16.3 Å². The molecule has 1 N–H and O–H groups in total. The van der Waals surface area contributed by atoms with E-state index in [0.717, 1.165) is 5.56 Å². The highest BCUT2D eigenvalue weighted by Gasteiger charge is 2.75. The molecule has 27 heavy (non-hydrogen) atoms. The Morgan fingerprint density at radius 3 is 2.59 bits per heavy atom. The van der Waals surface area contributed by atoms with Crippen molar-refractivity contribution in [3.63, 3.8) is 0 Å². The number of ether oxygens (including phenoxy) is 1. The molecule has 1 amide bonds. The van der Waals surface area contributed by atoms with Crippen LogP contribution >= 0.6 is 11.6 Å². The monoisotopic (exact) mass is 406 g/mol. The molecule has 1 aliphatic heterocycles. The molecule has 2 aliphatic rings. The van der Waals surface area contributed by atoms with Gasteiger partial charge < -0.3 is 10.1 Å². The molecule has 2 aromatic carbocycles. The number of nitrogens with one attached hydrogen (secondary N) is 1. The maximum atomic E-state index is 13.2. The Bertz CT molecular complexity index is 1020. The van der Waals surface area contributed by atoms with Crippen LogP contribution in [0, 0.1) is 12.8 Å². The van der Waals surface area contributed by atoms with Gasteiger partial charge in [-0.05, 0) is 61.4 Å². The second-order valence-electron chi connectivity index (χ2n) is 6.94. The molecule has 142 valence electrons. The number of methoxy groups -OCH3 is 1. The zero-order chi connectivity index (χ0) is 19.4. The number of halogens is 1. The molecule has 8 heteroatoms. The molecule has 0 aromatic heterocycles. The first kappa shape index (κ1) is 18.1. The van der Waals surface area contributed by atoms with E-state index in [9.17, 15) is 13.2 Å². The van der Waals surface area contributed by atoms with Crippen LogP contribution in [0.1, 0.15) is 12.0 Å². The first-order valence-electron chi connectivity index (χ1n) is 8.53. The Labute approximate surface area is 163 Å². The van der Waals surface area contributed by atoms with Gasteiger partial charge in [0.05, 0.1) is 12.8 Å². The Morgan fingerprint density at radius 2 is 1.96 bits per heavy atom. The minimum Gasteiger partial charge on any atom is -0.497 e. The molecule has 0 spiro atoms. The SMILES string of the molecule is COc1ccc(NC(=O)[C@]23C[C@H]2CN(c2ccc(Cl)cc2)S3(=O)=O)c(C)c1. The summed E-state index contributed by atoms with van der Waals surface area (Å²) in [4.78, 5) is 13.0. The predicted molar refractivity (Wildman–Crippen MR) is 105 cm³/mol. The van der Waals surface area contributed by atoms with Crippen molar-refractivity contribution in [1.29, 1.82) is 0 Å². The third-order valence-corrected chi connectivity index (χ3v) is 8.16. The molecule has 1 saturated carbocycles. The summed E-state index contributed by atoms with van der Waals surface area (Å²) in [5, 5.41) is 3.33. The summed E-state index contributed by atoms with van der Waals surface area (Å²) in [5.74, 6) is -0.00988. The Balaban J connectivity index is 1.61. The fourth-order valence-corrected chi connectivity index (χ4v) is 6.20. The minimum atomic E-state index is -3.81. The molecular formula is C19H19ClN2O4S. The third-order valence-electron chi connectivity index (χ3n) is 5.37. The number of rotatable bonds is 4. The summed E-state index contributed by atoms with van der Waals surface area (Å²) in [6.45, 7) is 2.14. The Hall–Kier alpha value is -2.25. The topological polar surface area (TPSA) is 75.7 Å². The van der Waals surface area contributed by atoms with Gasteiger partial charge in [0.15, 0.2) is 4.75 Å². The van der Waals surface area contributed by atoms with E-state index in [1.165, 1.54) is 4.31 Å². The lowest BCUT2D eigenvalue weighted by molar-refractivity contribution is -0.116. The first-order valence-corrected chi connectivity index (χ1v) is 10.4. The van der Waals surface area contributed by atoms with Crippen LogP contribution in [-0.2, 0) is 14.8 Å². The molecular weight excluding hydrogens is 388 g/mol. The van der Waals surface area contributed by atoms with Gasteiger partial charge in [-0.1, -0.05) is 11.6 Å². The number of nitrogens with zero attached hydrogens (tertiary/aromatic N) is 1. The number of aryl methyl sites for hydroxylation is 1. The van der Waals surface area contributed by atoms with Gasteiger partial charge in [0.2, 0.25) is 15.9 Å². The van der Waals surface area contributed by atoms with Crippen LogP contribution in [-0.4, -0.2) is 32.7 Å². The zero-order valence-corrected chi connectivity index (χ0v) is 16.5. The number of fused-ring (bicyclic) bond motifs is 1. The highest BCUT2D eigenvalue weighted by molar-refractivity contribution is 7.95. The molecule has 1 heterocycles. The van der Waals surface area contributed by atoms with Crippen LogP contribution in [0.5, 0.6) is 5.75 Å². The van der Waals surface area contributed by atoms with Gasteiger partial charge in [-0.3, -0.25) is 9.10 Å². The van der Waals surface area contributed by atoms with Crippen LogP contribution in [0.4, 0.5) is 11.4 Å². The average molecular weight is 407 g/mol. The zero-order valence-electron chi connectivity index (χ0n) is 14.9. The number of sulfonamides is 1. The van der Waals surface area contributed by atoms with Crippen molar-refractivity contribution in [2.75, 3.05) is 23.3 Å². The molecule has 1 saturated heterocycles. The van der Waals surface area contributed by atoms with Gasteiger partial charge >= 0.3 is 0 Å². The van der Waals surface area contributed by atoms with Crippen molar-refractivity contribution in [3.8, 4) is 5.75 Å². The quantitative estimate of drug-likeness (QED) is 0.845. The van der Waals surface area contributed by atoms with Crippen LogP contribution in [0.2, 0.25) is 5.02 Å². The number of benzene rings is 2. The van der Waals surface area contributed by atoms with Crippen LogP contribution < -0.4 is 14.4 Å². The summed E-state index contributed by atoms with van der Waals surface area (Å²) < 4.78 is 31.4. The summed E-state index contributed by atoms with van der Waals surface area (Å²) in [6.07, 6.45) is 0.348. The van der Waals surface area contributed by atoms with Gasteiger partial charge in [-0.15, -0.1) is 0 Å². The first-order chi connectivity index (χ1) is 12.8. The van der Waals surface area contributed by atoms with E-state index in [0.29, 0.717) is 35.1 Å². The molecule has 1 aliphatic carbocycles. The number of hydrogen-bond donors (Lipinski definition) is 1. The highest BCUT2D eigenvalue weighted by atomic mass is 35.5. The van der Waals surface area contributed by atoms with Gasteiger partial charge in [0, 0.05) is 23.2 Å². The molecule has 0 bridgehead atoms. The number of hydrogen-bond acceptors (Lipinski definition) is 4. The summed E-state index contributed by atoms with van der Waals surface area (Å²) in [7, 11) is -2.24. The summed E-state index contributed by atoms with van der Waals surface area (Å²) in [6, 6.07) is 11.8. The third kappa shape index (κ3) is 2.68. The normalized spacial score (nSPS) is 25.0. The van der Waals surface area contributed by atoms with E-state index in [-0.39, 0.29) is 5.92 Å². The molecule has 0 radical (unpaired) electrons. The second-order valence-corrected chi connectivity index (χ2v) is 9.49. The summed E-state index contributed by atoms with van der Waals surface area (Å²) >= 11 is 5.89. The molecule has 0 unspecified atom stereocenters. The van der Waals surface area contributed by atoms with E-state index >= 15 is 0 Å². The lowest BCUT2D eigenvalue weighted by atomic mass is 10.1. The largest absolute Gasteiger partial charge is 0.497 e. The number of carbonyl (C=O) groups is 1. The highest BCUT2D eigenvalue weighted by Crippen LogP contribution is 2.58. The van der Waals surface area contributed by atoms with Crippen molar-refractivity contribution in [2.45, 2.75) is 18.1 Å². The number of amides is 1. The van der Waals surface area contributed by atoms with E-state index in [1.807, 2.05) is 6.92 Å². The van der Waals surface area contributed by atoms with E-state index < -0.39 is 20.7 Å². The van der Waals surface area contributed by atoms with E-state index in [1.54, 1.807) is 49.6 Å². The molecule has 4 rings (SSSR count).